The van der Waals surface area contributed by atoms with Gasteiger partial charge in [0.25, 0.3) is 0 Å². The molecule has 0 fully saturated rings. The normalized spacial score (nSPS) is 10.3. The van der Waals surface area contributed by atoms with Crippen molar-refractivity contribution in [2.75, 3.05) is 26.2 Å². The minimum absolute atomic E-state index is 0.846. The molecule has 0 radical (unpaired) electrons. The van der Waals surface area contributed by atoms with Crippen LogP contribution >= 0.6 is 25.3 Å². The monoisotopic (exact) mass is 290 g/mol. The first kappa shape index (κ1) is 18.0. The number of nitrogens with zero attached hydrogens (tertiary/aromatic N) is 2. The largest absolute Gasteiger partial charge is 0.357 e. The Balaban J connectivity index is 5.03. The summed E-state index contributed by atoms with van der Waals surface area (Å²) in [5.74, 6) is 1.22. The Morgan fingerprint density at radius 3 is 1.11 bits per heavy atom. The van der Waals surface area contributed by atoms with Crippen LogP contribution in [0.1, 0.15) is 53.4 Å². The molecule has 2 nitrogen and oxygen atoms in total. The summed E-state index contributed by atoms with van der Waals surface area (Å²) in [6.07, 6.45) is 4.63. The van der Waals surface area contributed by atoms with Gasteiger partial charge in [-0.25, -0.2) is 0 Å². The van der Waals surface area contributed by atoms with E-state index in [4.69, 9.17) is 0 Å². The van der Waals surface area contributed by atoms with Gasteiger partial charge < -0.3 is 9.80 Å². The Labute approximate surface area is 125 Å². The lowest BCUT2D eigenvalue weighted by Gasteiger charge is -2.36. The standard InChI is InChI=1S/C14H30N2S2/c1-5-9-15(10-6-2)13(14(17)18)16(11-7-3)12-8-4/h17-18H,5-12H2,1-4H3. The Morgan fingerprint density at radius 1 is 0.667 bits per heavy atom. The van der Waals surface area contributed by atoms with Crippen LogP contribution in [0, 0.1) is 0 Å². The highest BCUT2D eigenvalue weighted by Crippen LogP contribution is 2.22. The quantitative estimate of drug-likeness (QED) is 0.582. The van der Waals surface area contributed by atoms with Crippen molar-refractivity contribution >= 4 is 25.3 Å². The highest BCUT2D eigenvalue weighted by atomic mass is 32.2. The average Bonchev–Trinajstić information content (AvgIpc) is 2.30. The van der Waals surface area contributed by atoms with Crippen LogP contribution in [0.15, 0.2) is 10.1 Å². The fourth-order valence-electron chi connectivity index (χ4n) is 2.21. The third-order valence-corrected chi connectivity index (χ3v) is 3.17. The summed E-state index contributed by atoms with van der Waals surface area (Å²) in [5, 5.41) is 0. The molecule has 0 saturated carbocycles. The van der Waals surface area contributed by atoms with E-state index in [9.17, 15) is 0 Å². The molecule has 108 valence electrons. The summed E-state index contributed by atoms with van der Waals surface area (Å²) in [6, 6.07) is 0. The second-order valence-corrected chi connectivity index (χ2v) is 5.87. The topological polar surface area (TPSA) is 6.48 Å². The molecule has 0 spiro atoms. The second-order valence-electron chi connectivity index (χ2n) is 4.62. The maximum atomic E-state index is 4.50. The van der Waals surface area contributed by atoms with Gasteiger partial charge in [0.2, 0.25) is 0 Å². The number of thiol groups is 2. The fraction of sp³-hybridized carbons (Fsp3) is 0.857. The van der Waals surface area contributed by atoms with Gasteiger partial charge in [0.15, 0.2) is 0 Å². The van der Waals surface area contributed by atoms with E-state index in [-0.39, 0.29) is 0 Å². The van der Waals surface area contributed by atoms with Gasteiger partial charge in [-0.1, -0.05) is 27.7 Å². The predicted molar refractivity (Wildman–Crippen MR) is 89.3 cm³/mol. The van der Waals surface area contributed by atoms with E-state index in [1.807, 2.05) is 0 Å². The lowest BCUT2D eigenvalue weighted by Crippen LogP contribution is -2.38. The molecule has 0 amide bonds. The van der Waals surface area contributed by atoms with Crippen molar-refractivity contribution in [2.45, 2.75) is 53.4 Å². The molecule has 0 aromatic heterocycles. The van der Waals surface area contributed by atoms with Crippen LogP contribution in [0.4, 0.5) is 0 Å². The molecular weight excluding hydrogens is 260 g/mol. The lowest BCUT2D eigenvalue weighted by atomic mass is 10.3. The van der Waals surface area contributed by atoms with Crippen molar-refractivity contribution in [3.63, 3.8) is 0 Å². The first-order valence-corrected chi connectivity index (χ1v) is 8.13. The summed E-state index contributed by atoms with van der Waals surface area (Å²) in [7, 11) is 0. The van der Waals surface area contributed by atoms with Crippen molar-refractivity contribution in [2.24, 2.45) is 0 Å². The summed E-state index contributed by atoms with van der Waals surface area (Å²) < 4.78 is 0.846. The van der Waals surface area contributed by atoms with Crippen LogP contribution < -0.4 is 0 Å². The number of hydrogen-bond acceptors (Lipinski definition) is 4. The van der Waals surface area contributed by atoms with Crippen molar-refractivity contribution in [3.8, 4) is 0 Å². The molecule has 0 rings (SSSR count). The van der Waals surface area contributed by atoms with Crippen LogP contribution in [0.2, 0.25) is 0 Å². The third-order valence-electron chi connectivity index (χ3n) is 2.77. The van der Waals surface area contributed by atoms with Gasteiger partial charge in [0.05, 0.1) is 4.24 Å². The second kappa shape index (κ2) is 10.9. The summed E-state index contributed by atoms with van der Waals surface area (Å²) in [5.41, 5.74) is 0. The minimum Gasteiger partial charge on any atom is -0.357 e. The Morgan fingerprint density at radius 2 is 0.944 bits per heavy atom. The molecule has 0 aromatic carbocycles. The molecule has 0 saturated heterocycles. The summed E-state index contributed by atoms with van der Waals surface area (Å²) in [6.45, 7) is 13.2. The highest BCUT2D eigenvalue weighted by Gasteiger charge is 2.17. The Hall–Kier alpha value is 0.0400. The summed E-state index contributed by atoms with van der Waals surface area (Å²) in [4.78, 5) is 4.86. The first-order valence-electron chi connectivity index (χ1n) is 7.24. The minimum atomic E-state index is 0.846. The van der Waals surface area contributed by atoms with Crippen molar-refractivity contribution in [3.05, 3.63) is 10.1 Å². The van der Waals surface area contributed by atoms with Gasteiger partial charge >= 0.3 is 0 Å². The molecule has 0 bridgehead atoms. The molecule has 0 N–H and O–H groups in total. The van der Waals surface area contributed by atoms with Gasteiger partial charge in [-0.15, -0.1) is 25.3 Å². The number of rotatable bonds is 10. The third kappa shape index (κ3) is 6.28. The molecule has 4 heteroatoms. The zero-order valence-corrected chi connectivity index (χ0v) is 14.2. The molecule has 18 heavy (non-hydrogen) atoms. The predicted octanol–water partition coefficient (Wildman–Crippen LogP) is 4.22. The van der Waals surface area contributed by atoms with Crippen LogP contribution in [0.3, 0.4) is 0 Å². The zero-order chi connectivity index (χ0) is 14.0. The molecule has 0 aliphatic carbocycles. The SMILES string of the molecule is CCCN(CCC)C(=C(S)S)N(CCC)CCC. The maximum absolute atomic E-state index is 4.50. The van der Waals surface area contributed by atoms with Gasteiger partial charge in [-0.2, -0.15) is 0 Å². The van der Waals surface area contributed by atoms with Gasteiger partial charge in [-0.05, 0) is 25.7 Å². The van der Waals surface area contributed by atoms with Gasteiger partial charge in [0.1, 0.15) is 5.82 Å². The van der Waals surface area contributed by atoms with E-state index < -0.39 is 0 Å². The van der Waals surface area contributed by atoms with E-state index in [0.29, 0.717) is 0 Å². The van der Waals surface area contributed by atoms with E-state index in [2.05, 4.69) is 62.8 Å². The van der Waals surface area contributed by atoms with Crippen LogP contribution in [-0.4, -0.2) is 36.0 Å². The molecule has 0 heterocycles. The van der Waals surface area contributed by atoms with E-state index in [1.54, 1.807) is 0 Å². The van der Waals surface area contributed by atoms with E-state index in [0.717, 1.165) is 56.1 Å². The van der Waals surface area contributed by atoms with Crippen molar-refractivity contribution in [1.29, 1.82) is 0 Å². The molecule has 0 aliphatic heterocycles. The Bertz CT molecular complexity index is 208. The zero-order valence-electron chi connectivity index (χ0n) is 12.4. The van der Waals surface area contributed by atoms with Crippen molar-refractivity contribution < 1.29 is 0 Å². The lowest BCUT2D eigenvalue weighted by molar-refractivity contribution is 0.208. The molecule has 0 unspecified atom stereocenters. The molecular formula is C14H30N2S2. The number of hydrogen-bond donors (Lipinski definition) is 2. The van der Waals surface area contributed by atoms with Gasteiger partial charge in [0, 0.05) is 26.2 Å². The van der Waals surface area contributed by atoms with Crippen LogP contribution in [0.5, 0.6) is 0 Å². The van der Waals surface area contributed by atoms with E-state index in [1.165, 1.54) is 5.82 Å². The molecule has 0 aliphatic rings. The fourth-order valence-corrected chi connectivity index (χ4v) is 2.78. The average molecular weight is 291 g/mol. The Kier molecular flexibility index (Phi) is 10.9. The van der Waals surface area contributed by atoms with E-state index >= 15 is 0 Å². The van der Waals surface area contributed by atoms with Crippen molar-refractivity contribution in [1.82, 2.24) is 9.80 Å². The summed E-state index contributed by atoms with van der Waals surface area (Å²) >= 11 is 9.01. The smallest absolute Gasteiger partial charge is 0.124 e. The van der Waals surface area contributed by atoms with Crippen LogP contribution in [0.25, 0.3) is 0 Å². The first-order chi connectivity index (χ1) is 8.62. The van der Waals surface area contributed by atoms with Crippen LogP contribution in [-0.2, 0) is 0 Å². The highest BCUT2D eigenvalue weighted by molar-refractivity contribution is 8.05. The maximum Gasteiger partial charge on any atom is 0.124 e. The van der Waals surface area contributed by atoms with Gasteiger partial charge in [-0.3, -0.25) is 0 Å². The molecule has 0 aromatic rings. The molecule has 0 atom stereocenters.